The molecule has 2 aliphatic heterocycles. The maximum Gasteiger partial charge on any atom is 0.310 e. The zero-order valence-electron chi connectivity index (χ0n) is 10.5. The van der Waals surface area contributed by atoms with Crippen LogP contribution in [0.2, 0.25) is 0 Å². The smallest absolute Gasteiger partial charge is 0.310 e. The largest absolute Gasteiger partial charge is 0.465 e. The first-order valence-electron chi connectivity index (χ1n) is 7.25. The van der Waals surface area contributed by atoms with Crippen LogP contribution >= 0.6 is 0 Å². The molecule has 0 amide bonds. The van der Waals surface area contributed by atoms with Crippen LogP contribution in [-0.2, 0) is 9.53 Å². The summed E-state index contributed by atoms with van der Waals surface area (Å²) in [6.07, 6.45) is 9.92. The number of carbonyl (C=O) groups is 1. The Labute approximate surface area is 103 Å². The Hall–Kier alpha value is -0.570. The minimum atomic E-state index is 0.0651. The minimum absolute atomic E-state index is 0.0651. The molecule has 1 aliphatic carbocycles. The van der Waals surface area contributed by atoms with Crippen molar-refractivity contribution < 1.29 is 9.53 Å². The van der Waals surface area contributed by atoms with Gasteiger partial charge in [0.05, 0.1) is 12.5 Å². The molecule has 3 fully saturated rings. The molecule has 1 N–H and O–H groups in total. The van der Waals surface area contributed by atoms with E-state index in [2.05, 4.69) is 5.32 Å². The third-order valence-electron chi connectivity index (χ3n) is 4.79. The molecule has 2 bridgehead atoms. The fourth-order valence-electron chi connectivity index (χ4n) is 3.75. The summed E-state index contributed by atoms with van der Waals surface area (Å²) < 4.78 is 5.54. The van der Waals surface area contributed by atoms with Gasteiger partial charge in [0.1, 0.15) is 0 Å². The Morgan fingerprint density at radius 3 is 2.59 bits per heavy atom. The molecule has 0 aromatic carbocycles. The lowest BCUT2D eigenvalue weighted by atomic mass is 9.88. The van der Waals surface area contributed by atoms with Crippen molar-refractivity contribution in [3.63, 3.8) is 0 Å². The summed E-state index contributed by atoms with van der Waals surface area (Å²) in [5, 5.41) is 3.50. The van der Waals surface area contributed by atoms with Gasteiger partial charge in [0.15, 0.2) is 0 Å². The van der Waals surface area contributed by atoms with Crippen LogP contribution in [0, 0.1) is 11.8 Å². The highest BCUT2D eigenvalue weighted by Crippen LogP contribution is 2.34. The number of nitrogens with one attached hydrogen (secondary N) is 1. The lowest BCUT2D eigenvalue weighted by Gasteiger charge is -2.23. The third kappa shape index (κ3) is 2.49. The van der Waals surface area contributed by atoms with E-state index in [0.717, 1.165) is 12.8 Å². The van der Waals surface area contributed by atoms with Crippen molar-refractivity contribution in [2.24, 2.45) is 11.8 Å². The van der Waals surface area contributed by atoms with Crippen LogP contribution in [0.25, 0.3) is 0 Å². The van der Waals surface area contributed by atoms with E-state index < -0.39 is 0 Å². The SMILES string of the molecule is O=C(OCC1CCCCC1)C1CC2CCC1N2. The molecule has 2 heterocycles. The maximum absolute atomic E-state index is 12.0. The normalized spacial score (nSPS) is 37.3. The van der Waals surface area contributed by atoms with E-state index >= 15 is 0 Å². The molecule has 1 saturated carbocycles. The second-order valence-corrected chi connectivity index (χ2v) is 6.02. The summed E-state index contributed by atoms with van der Waals surface area (Å²) in [4.78, 5) is 12.0. The Bertz CT molecular complexity index is 286. The van der Waals surface area contributed by atoms with Gasteiger partial charge < -0.3 is 10.1 Å². The molecule has 3 atom stereocenters. The van der Waals surface area contributed by atoms with E-state index in [4.69, 9.17) is 4.74 Å². The summed E-state index contributed by atoms with van der Waals surface area (Å²) in [5.74, 6) is 0.854. The first-order valence-corrected chi connectivity index (χ1v) is 7.25. The topological polar surface area (TPSA) is 38.3 Å². The Morgan fingerprint density at radius 1 is 1.12 bits per heavy atom. The summed E-state index contributed by atoms with van der Waals surface area (Å²) in [6.45, 7) is 0.673. The Kier molecular flexibility index (Phi) is 3.37. The average Bonchev–Trinajstić information content (AvgIpc) is 2.99. The van der Waals surface area contributed by atoms with Crippen LogP contribution in [0.5, 0.6) is 0 Å². The van der Waals surface area contributed by atoms with E-state index in [1.54, 1.807) is 0 Å². The summed E-state index contributed by atoms with van der Waals surface area (Å²) in [6, 6.07) is 1.01. The van der Waals surface area contributed by atoms with Gasteiger partial charge in [0.25, 0.3) is 0 Å². The highest BCUT2D eigenvalue weighted by Gasteiger charge is 2.43. The number of hydrogen-bond donors (Lipinski definition) is 1. The molecule has 0 aromatic heterocycles. The van der Waals surface area contributed by atoms with Gasteiger partial charge in [-0.25, -0.2) is 0 Å². The molecular formula is C14H23NO2. The summed E-state index contributed by atoms with van der Waals surface area (Å²) in [7, 11) is 0. The second-order valence-electron chi connectivity index (χ2n) is 6.02. The van der Waals surface area contributed by atoms with Crippen LogP contribution in [0.3, 0.4) is 0 Å². The van der Waals surface area contributed by atoms with Crippen LogP contribution < -0.4 is 5.32 Å². The Morgan fingerprint density at radius 2 is 1.94 bits per heavy atom. The number of ether oxygens (including phenoxy) is 1. The first kappa shape index (κ1) is 11.5. The van der Waals surface area contributed by atoms with Crippen molar-refractivity contribution in [1.82, 2.24) is 5.32 Å². The van der Waals surface area contributed by atoms with Crippen molar-refractivity contribution in [3.8, 4) is 0 Å². The highest BCUT2D eigenvalue weighted by molar-refractivity contribution is 5.74. The third-order valence-corrected chi connectivity index (χ3v) is 4.79. The molecule has 3 nitrogen and oxygen atoms in total. The molecule has 0 spiro atoms. The van der Waals surface area contributed by atoms with Crippen molar-refractivity contribution in [2.45, 2.75) is 63.5 Å². The molecule has 3 unspecified atom stereocenters. The lowest BCUT2D eigenvalue weighted by molar-refractivity contribution is -0.150. The molecule has 17 heavy (non-hydrogen) atoms. The molecule has 3 rings (SSSR count). The fraction of sp³-hybridized carbons (Fsp3) is 0.929. The Balaban J connectivity index is 1.44. The van der Waals surface area contributed by atoms with Crippen LogP contribution in [0.1, 0.15) is 51.4 Å². The number of rotatable bonds is 3. The zero-order chi connectivity index (χ0) is 11.7. The molecule has 0 aromatic rings. The molecule has 96 valence electrons. The summed E-state index contributed by atoms with van der Waals surface area (Å²) >= 11 is 0. The van der Waals surface area contributed by atoms with E-state index in [-0.39, 0.29) is 11.9 Å². The number of esters is 1. The molecule has 2 saturated heterocycles. The number of fused-ring (bicyclic) bond motifs is 2. The lowest BCUT2D eigenvalue weighted by Crippen LogP contribution is -2.31. The van der Waals surface area contributed by atoms with Gasteiger partial charge in [-0.05, 0) is 38.0 Å². The van der Waals surface area contributed by atoms with Crippen molar-refractivity contribution in [3.05, 3.63) is 0 Å². The maximum atomic E-state index is 12.0. The van der Waals surface area contributed by atoms with Gasteiger partial charge in [-0.2, -0.15) is 0 Å². The van der Waals surface area contributed by atoms with Crippen LogP contribution in [-0.4, -0.2) is 24.7 Å². The predicted molar refractivity (Wildman–Crippen MR) is 65.6 cm³/mol. The monoisotopic (exact) mass is 237 g/mol. The van der Waals surface area contributed by atoms with Gasteiger partial charge in [0, 0.05) is 12.1 Å². The van der Waals surface area contributed by atoms with Gasteiger partial charge in [0.2, 0.25) is 0 Å². The summed E-state index contributed by atoms with van der Waals surface area (Å²) in [5.41, 5.74) is 0. The second kappa shape index (κ2) is 4.97. The molecule has 3 aliphatic rings. The van der Waals surface area contributed by atoms with Crippen LogP contribution in [0.4, 0.5) is 0 Å². The number of carbonyl (C=O) groups excluding carboxylic acids is 1. The van der Waals surface area contributed by atoms with E-state index in [1.807, 2.05) is 0 Å². The molecule has 3 heteroatoms. The van der Waals surface area contributed by atoms with Gasteiger partial charge in [-0.15, -0.1) is 0 Å². The first-order chi connectivity index (χ1) is 8.33. The van der Waals surface area contributed by atoms with Crippen molar-refractivity contribution in [1.29, 1.82) is 0 Å². The standard InChI is InChI=1S/C14H23NO2/c16-14(12-8-11-6-7-13(12)15-11)17-9-10-4-2-1-3-5-10/h10-13,15H,1-9H2. The predicted octanol–water partition coefficient (Wildman–Crippen LogP) is 2.25. The highest BCUT2D eigenvalue weighted by atomic mass is 16.5. The van der Waals surface area contributed by atoms with E-state index in [1.165, 1.54) is 38.5 Å². The number of hydrogen-bond acceptors (Lipinski definition) is 3. The fourth-order valence-corrected chi connectivity index (χ4v) is 3.75. The molecule has 0 radical (unpaired) electrons. The average molecular weight is 237 g/mol. The van der Waals surface area contributed by atoms with Crippen molar-refractivity contribution >= 4 is 5.97 Å². The van der Waals surface area contributed by atoms with Gasteiger partial charge in [-0.3, -0.25) is 4.79 Å². The molecular weight excluding hydrogens is 214 g/mol. The van der Waals surface area contributed by atoms with Crippen LogP contribution in [0.15, 0.2) is 0 Å². The minimum Gasteiger partial charge on any atom is -0.465 e. The van der Waals surface area contributed by atoms with E-state index in [9.17, 15) is 4.79 Å². The zero-order valence-corrected chi connectivity index (χ0v) is 10.5. The van der Waals surface area contributed by atoms with Gasteiger partial charge in [-0.1, -0.05) is 19.3 Å². The van der Waals surface area contributed by atoms with E-state index in [0.29, 0.717) is 24.6 Å². The van der Waals surface area contributed by atoms with Crippen molar-refractivity contribution in [2.75, 3.05) is 6.61 Å². The quantitative estimate of drug-likeness (QED) is 0.765. The van der Waals surface area contributed by atoms with Gasteiger partial charge >= 0.3 is 5.97 Å².